The fraction of sp³-hybridized carbons (Fsp3) is 0.625. The Labute approximate surface area is 119 Å². The van der Waals surface area contributed by atoms with Crippen LogP contribution in [0.5, 0.6) is 5.75 Å². The predicted octanol–water partition coefficient (Wildman–Crippen LogP) is 3.33. The van der Waals surface area contributed by atoms with Crippen LogP contribution in [0.3, 0.4) is 0 Å². The van der Waals surface area contributed by atoms with Gasteiger partial charge in [-0.15, -0.1) is 0 Å². The van der Waals surface area contributed by atoms with E-state index in [-0.39, 0.29) is 23.6 Å². The van der Waals surface area contributed by atoms with Crippen molar-refractivity contribution in [3.63, 3.8) is 0 Å². The maximum Gasteiger partial charge on any atom is 0.131 e. The molecule has 1 saturated heterocycles. The number of benzene rings is 1. The molecule has 0 bridgehead atoms. The van der Waals surface area contributed by atoms with Crippen LogP contribution in [0.2, 0.25) is 0 Å². The second-order valence-corrected chi connectivity index (χ2v) is 6.09. The fourth-order valence-electron chi connectivity index (χ4n) is 3.15. The van der Waals surface area contributed by atoms with Gasteiger partial charge < -0.3 is 15.2 Å². The minimum Gasteiger partial charge on any atom is -0.490 e. The van der Waals surface area contributed by atoms with Gasteiger partial charge in [0.1, 0.15) is 17.7 Å². The molecule has 110 valence electrons. The topological polar surface area (TPSA) is 44.5 Å². The normalized spacial score (nSPS) is 26.1. The van der Waals surface area contributed by atoms with E-state index in [9.17, 15) is 4.39 Å². The lowest BCUT2D eigenvalue weighted by molar-refractivity contribution is -0.153. The van der Waals surface area contributed by atoms with Crippen LogP contribution in [-0.4, -0.2) is 18.3 Å². The zero-order valence-corrected chi connectivity index (χ0v) is 11.9. The Morgan fingerprint density at radius 2 is 2.25 bits per heavy atom. The maximum atomic E-state index is 13.9. The zero-order chi connectivity index (χ0) is 14.2. The Balaban J connectivity index is 1.67. The van der Waals surface area contributed by atoms with Crippen molar-refractivity contribution >= 4 is 0 Å². The number of nitrogens with two attached hydrogens (primary N) is 1. The Kier molecular flexibility index (Phi) is 3.69. The first-order valence-electron chi connectivity index (χ1n) is 7.44. The van der Waals surface area contributed by atoms with Gasteiger partial charge in [0.2, 0.25) is 0 Å². The molecule has 0 radical (unpaired) electrons. The van der Waals surface area contributed by atoms with Crippen LogP contribution in [0.4, 0.5) is 4.39 Å². The van der Waals surface area contributed by atoms with E-state index in [1.54, 1.807) is 13.0 Å². The monoisotopic (exact) mass is 279 g/mol. The summed E-state index contributed by atoms with van der Waals surface area (Å²) in [5.41, 5.74) is 6.29. The van der Waals surface area contributed by atoms with Gasteiger partial charge in [-0.2, -0.15) is 0 Å². The Hall–Kier alpha value is -1.13. The number of halogens is 1. The lowest BCUT2D eigenvalue weighted by Crippen LogP contribution is -2.48. The molecule has 3 nitrogen and oxygen atoms in total. The third-order valence-electron chi connectivity index (χ3n) is 4.48. The van der Waals surface area contributed by atoms with Gasteiger partial charge in [0.15, 0.2) is 0 Å². The highest BCUT2D eigenvalue weighted by Gasteiger charge is 2.43. The smallest absolute Gasteiger partial charge is 0.131 e. The van der Waals surface area contributed by atoms with Crippen molar-refractivity contribution in [3.05, 3.63) is 29.6 Å². The molecule has 2 unspecified atom stereocenters. The highest BCUT2D eigenvalue weighted by Crippen LogP contribution is 2.43. The molecule has 20 heavy (non-hydrogen) atoms. The molecular formula is C16H22FNO2. The second kappa shape index (κ2) is 5.34. The Bertz CT molecular complexity index is 485. The lowest BCUT2D eigenvalue weighted by atomic mass is 9.74. The fourth-order valence-corrected chi connectivity index (χ4v) is 3.15. The molecule has 1 heterocycles. The molecule has 1 aliphatic heterocycles. The first kappa shape index (κ1) is 13.8. The van der Waals surface area contributed by atoms with Gasteiger partial charge in [0, 0.05) is 30.5 Å². The predicted molar refractivity (Wildman–Crippen MR) is 75.2 cm³/mol. The molecule has 2 atom stereocenters. The molecule has 4 heteroatoms. The van der Waals surface area contributed by atoms with E-state index in [1.165, 1.54) is 12.5 Å². The van der Waals surface area contributed by atoms with Gasteiger partial charge in [-0.1, -0.05) is 6.07 Å². The first-order chi connectivity index (χ1) is 9.58. The van der Waals surface area contributed by atoms with Crippen LogP contribution in [0.1, 0.15) is 50.6 Å². The van der Waals surface area contributed by atoms with Gasteiger partial charge in [0.05, 0.1) is 12.2 Å². The maximum absolute atomic E-state index is 13.9. The summed E-state index contributed by atoms with van der Waals surface area (Å²) >= 11 is 0. The average Bonchev–Trinajstić information content (AvgIpc) is 2.37. The van der Waals surface area contributed by atoms with Crippen LogP contribution in [0.25, 0.3) is 0 Å². The second-order valence-electron chi connectivity index (χ2n) is 6.09. The van der Waals surface area contributed by atoms with Crippen molar-refractivity contribution < 1.29 is 13.9 Å². The Morgan fingerprint density at radius 3 is 2.85 bits per heavy atom. The Morgan fingerprint density at radius 1 is 1.45 bits per heavy atom. The molecule has 2 fully saturated rings. The molecule has 1 saturated carbocycles. The van der Waals surface area contributed by atoms with E-state index in [2.05, 4.69) is 0 Å². The minimum atomic E-state index is -0.301. The summed E-state index contributed by atoms with van der Waals surface area (Å²) in [5.74, 6) is 0.302. The van der Waals surface area contributed by atoms with E-state index in [0.717, 1.165) is 32.3 Å². The zero-order valence-electron chi connectivity index (χ0n) is 11.9. The molecule has 1 aromatic rings. The summed E-state index contributed by atoms with van der Waals surface area (Å²) < 4.78 is 25.7. The van der Waals surface area contributed by atoms with Gasteiger partial charge in [-0.3, -0.25) is 0 Å². The van der Waals surface area contributed by atoms with Gasteiger partial charge in [0.25, 0.3) is 0 Å². The van der Waals surface area contributed by atoms with Crippen LogP contribution < -0.4 is 10.5 Å². The highest BCUT2D eigenvalue weighted by atomic mass is 19.1. The van der Waals surface area contributed by atoms with Crippen LogP contribution in [0.15, 0.2) is 18.2 Å². The SMILES string of the molecule is CC(N)c1ccc(OC2CCOC3(CCC3)C2)cc1F. The number of hydrogen-bond donors (Lipinski definition) is 1. The molecule has 0 aromatic heterocycles. The van der Waals surface area contributed by atoms with Crippen LogP contribution in [-0.2, 0) is 4.74 Å². The highest BCUT2D eigenvalue weighted by molar-refractivity contribution is 5.30. The summed E-state index contributed by atoms with van der Waals surface area (Å²) in [4.78, 5) is 0. The van der Waals surface area contributed by atoms with E-state index in [1.807, 2.05) is 6.07 Å². The molecule has 1 aromatic carbocycles. The molecule has 2 aliphatic rings. The van der Waals surface area contributed by atoms with E-state index < -0.39 is 0 Å². The van der Waals surface area contributed by atoms with Gasteiger partial charge in [-0.25, -0.2) is 4.39 Å². The quantitative estimate of drug-likeness (QED) is 0.923. The third kappa shape index (κ3) is 2.67. The summed E-state index contributed by atoms with van der Waals surface area (Å²) in [5, 5.41) is 0. The average molecular weight is 279 g/mol. The van der Waals surface area contributed by atoms with Crippen molar-refractivity contribution in [1.29, 1.82) is 0 Å². The van der Waals surface area contributed by atoms with Crippen molar-refractivity contribution in [3.8, 4) is 5.75 Å². The largest absolute Gasteiger partial charge is 0.490 e. The van der Waals surface area contributed by atoms with Crippen molar-refractivity contribution in [2.24, 2.45) is 5.73 Å². The van der Waals surface area contributed by atoms with Crippen LogP contribution in [0, 0.1) is 5.82 Å². The molecular weight excluding hydrogens is 257 g/mol. The molecule has 0 amide bonds. The molecule has 2 N–H and O–H groups in total. The van der Waals surface area contributed by atoms with E-state index in [4.69, 9.17) is 15.2 Å². The van der Waals surface area contributed by atoms with Gasteiger partial charge in [-0.05, 0) is 32.3 Å². The summed E-state index contributed by atoms with van der Waals surface area (Å²) in [7, 11) is 0. The molecule has 1 aliphatic carbocycles. The van der Waals surface area contributed by atoms with Crippen molar-refractivity contribution in [2.75, 3.05) is 6.61 Å². The van der Waals surface area contributed by atoms with Gasteiger partial charge >= 0.3 is 0 Å². The molecule has 3 rings (SSSR count). The van der Waals surface area contributed by atoms with Crippen LogP contribution >= 0.6 is 0 Å². The lowest BCUT2D eigenvalue weighted by Gasteiger charge is -2.46. The minimum absolute atomic E-state index is 0.0488. The summed E-state index contributed by atoms with van der Waals surface area (Å²) in [6.45, 7) is 2.52. The number of ether oxygens (including phenoxy) is 2. The number of hydrogen-bond acceptors (Lipinski definition) is 3. The number of rotatable bonds is 3. The summed E-state index contributed by atoms with van der Waals surface area (Å²) in [6.07, 6.45) is 5.42. The summed E-state index contributed by atoms with van der Waals surface area (Å²) in [6, 6.07) is 4.67. The van der Waals surface area contributed by atoms with E-state index >= 15 is 0 Å². The third-order valence-corrected chi connectivity index (χ3v) is 4.48. The first-order valence-corrected chi connectivity index (χ1v) is 7.44. The van der Waals surface area contributed by atoms with Crippen molar-refractivity contribution in [1.82, 2.24) is 0 Å². The standard InChI is InChI=1S/C16H22FNO2/c1-11(18)14-4-3-12(9-15(14)17)20-13-5-8-19-16(10-13)6-2-7-16/h3-4,9,11,13H,2,5-8,10,18H2,1H3. The molecule has 1 spiro atoms. The van der Waals surface area contributed by atoms with E-state index in [0.29, 0.717) is 11.3 Å². The van der Waals surface area contributed by atoms with Crippen molar-refractivity contribution in [2.45, 2.75) is 56.8 Å².